The molecule has 0 spiro atoms. The summed E-state index contributed by atoms with van der Waals surface area (Å²) in [5.74, 6) is 0. The van der Waals surface area contributed by atoms with Gasteiger partial charge in [0, 0.05) is 10.3 Å². The average molecular weight is 234 g/mol. The standard InChI is InChI=1S/C10H6F4S/c1-5-7-3-2-6(10(12,13)14)4-8(7)15-9(5)11/h2-4H,1H3. The number of hydrogen-bond acceptors (Lipinski definition) is 1. The first kappa shape index (κ1) is 10.4. The first-order chi connectivity index (χ1) is 6.89. The Morgan fingerprint density at radius 3 is 2.47 bits per heavy atom. The van der Waals surface area contributed by atoms with E-state index in [0.717, 1.165) is 23.5 Å². The first-order valence-electron chi connectivity index (χ1n) is 4.15. The zero-order valence-corrected chi connectivity index (χ0v) is 8.47. The second-order valence-corrected chi connectivity index (χ2v) is 4.21. The normalized spacial score (nSPS) is 12.3. The van der Waals surface area contributed by atoms with Gasteiger partial charge in [0.2, 0.25) is 0 Å². The molecule has 0 unspecified atom stereocenters. The summed E-state index contributed by atoms with van der Waals surface area (Å²) >= 11 is 0.742. The maximum absolute atomic E-state index is 13.1. The molecule has 2 aromatic rings. The van der Waals surface area contributed by atoms with Gasteiger partial charge in [-0.05, 0) is 24.4 Å². The third-order valence-electron chi connectivity index (χ3n) is 2.21. The Balaban J connectivity index is 2.67. The second kappa shape index (κ2) is 3.20. The van der Waals surface area contributed by atoms with Crippen LogP contribution in [0.5, 0.6) is 0 Å². The lowest BCUT2D eigenvalue weighted by Gasteiger charge is -2.05. The molecule has 0 saturated heterocycles. The highest BCUT2D eigenvalue weighted by molar-refractivity contribution is 7.17. The van der Waals surface area contributed by atoms with Gasteiger partial charge in [-0.3, -0.25) is 0 Å². The number of halogens is 4. The van der Waals surface area contributed by atoms with E-state index < -0.39 is 16.9 Å². The highest BCUT2D eigenvalue weighted by atomic mass is 32.1. The molecule has 0 radical (unpaired) electrons. The van der Waals surface area contributed by atoms with E-state index in [1.165, 1.54) is 6.07 Å². The Kier molecular flexibility index (Phi) is 2.22. The molecule has 80 valence electrons. The molecule has 1 heterocycles. The zero-order valence-electron chi connectivity index (χ0n) is 7.65. The lowest BCUT2D eigenvalue weighted by Crippen LogP contribution is -2.03. The van der Waals surface area contributed by atoms with Gasteiger partial charge in [0.15, 0.2) is 5.13 Å². The van der Waals surface area contributed by atoms with Crippen LogP contribution in [0.3, 0.4) is 0 Å². The molecule has 0 aliphatic heterocycles. The summed E-state index contributed by atoms with van der Waals surface area (Å²) in [4.78, 5) is 0. The second-order valence-electron chi connectivity index (χ2n) is 3.21. The minimum Gasteiger partial charge on any atom is -0.195 e. The predicted octanol–water partition coefficient (Wildman–Crippen LogP) is 4.37. The molecule has 0 nitrogen and oxygen atoms in total. The fourth-order valence-electron chi connectivity index (χ4n) is 1.37. The van der Waals surface area contributed by atoms with Crippen molar-refractivity contribution in [1.29, 1.82) is 0 Å². The Bertz CT molecular complexity index is 510. The summed E-state index contributed by atoms with van der Waals surface area (Å²) in [6, 6.07) is 3.27. The fourth-order valence-corrected chi connectivity index (χ4v) is 2.34. The number of rotatable bonds is 0. The highest BCUT2D eigenvalue weighted by Gasteiger charge is 2.30. The van der Waals surface area contributed by atoms with Crippen molar-refractivity contribution in [2.24, 2.45) is 0 Å². The van der Waals surface area contributed by atoms with Crippen molar-refractivity contribution in [3.05, 3.63) is 34.5 Å². The molecule has 0 aliphatic carbocycles. The largest absolute Gasteiger partial charge is 0.416 e. The smallest absolute Gasteiger partial charge is 0.195 e. The van der Waals surface area contributed by atoms with Gasteiger partial charge in [-0.1, -0.05) is 6.07 Å². The van der Waals surface area contributed by atoms with Crippen LogP contribution in [0.25, 0.3) is 10.1 Å². The van der Waals surface area contributed by atoms with Crippen molar-refractivity contribution in [3.8, 4) is 0 Å². The number of fused-ring (bicyclic) bond motifs is 1. The summed E-state index contributed by atoms with van der Waals surface area (Å²) < 4.78 is 50.4. The lowest BCUT2D eigenvalue weighted by molar-refractivity contribution is -0.137. The molecule has 0 amide bonds. The molecule has 2 rings (SSSR count). The average Bonchev–Trinajstić information content (AvgIpc) is 2.41. The van der Waals surface area contributed by atoms with Crippen LogP contribution in [0.15, 0.2) is 18.2 Å². The van der Waals surface area contributed by atoms with Gasteiger partial charge in [-0.25, -0.2) is 0 Å². The Labute approximate surface area is 87.1 Å². The minimum atomic E-state index is -4.37. The van der Waals surface area contributed by atoms with E-state index in [1.54, 1.807) is 6.92 Å². The first-order valence-corrected chi connectivity index (χ1v) is 4.97. The molecule has 0 bridgehead atoms. The molecule has 5 heteroatoms. The number of benzene rings is 1. The summed E-state index contributed by atoms with van der Waals surface area (Å²) in [7, 11) is 0. The van der Waals surface area contributed by atoms with E-state index in [0.29, 0.717) is 15.6 Å². The number of aryl methyl sites for hydroxylation is 1. The highest BCUT2D eigenvalue weighted by Crippen LogP contribution is 2.35. The van der Waals surface area contributed by atoms with Gasteiger partial charge in [0.1, 0.15) is 0 Å². The van der Waals surface area contributed by atoms with Crippen molar-refractivity contribution in [1.82, 2.24) is 0 Å². The van der Waals surface area contributed by atoms with Crippen molar-refractivity contribution in [3.63, 3.8) is 0 Å². The maximum Gasteiger partial charge on any atom is 0.416 e. The van der Waals surface area contributed by atoms with Gasteiger partial charge in [0.05, 0.1) is 5.56 Å². The van der Waals surface area contributed by atoms with Crippen molar-refractivity contribution < 1.29 is 17.6 Å². The van der Waals surface area contributed by atoms with E-state index in [9.17, 15) is 17.6 Å². The quantitative estimate of drug-likeness (QED) is 0.594. The van der Waals surface area contributed by atoms with E-state index in [-0.39, 0.29) is 0 Å². The Morgan fingerprint density at radius 2 is 1.87 bits per heavy atom. The third-order valence-corrected chi connectivity index (χ3v) is 3.25. The maximum atomic E-state index is 13.1. The molecule has 0 N–H and O–H groups in total. The predicted molar refractivity (Wildman–Crippen MR) is 51.5 cm³/mol. The number of hydrogen-bond donors (Lipinski definition) is 0. The van der Waals surface area contributed by atoms with Crippen LogP contribution in [-0.2, 0) is 6.18 Å². The van der Waals surface area contributed by atoms with Crippen LogP contribution in [0, 0.1) is 12.1 Å². The van der Waals surface area contributed by atoms with Crippen molar-refractivity contribution in [2.75, 3.05) is 0 Å². The summed E-state index contributed by atoms with van der Waals surface area (Å²) in [5, 5.41) is 0.120. The Morgan fingerprint density at radius 1 is 1.20 bits per heavy atom. The van der Waals surface area contributed by atoms with E-state index in [1.807, 2.05) is 0 Å². The van der Waals surface area contributed by atoms with Crippen LogP contribution >= 0.6 is 11.3 Å². The summed E-state index contributed by atoms with van der Waals surface area (Å²) in [6.45, 7) is 1.56. The van der Waals surface area contributed by atoms with Crippen LogP contribution < -0.4 is 0 Å². The van der Waals surface area contributed by atoms with Gasteiger partial charge in [-0.15, -0.1) is 11.3 Å². The van der Waals surface area contributed by atoms with Crippen molar-refractivity contribution >= 4 is 21.4 Å². The molecule has 0 saturated carbocycles. The zero-order chi connectivity index (χ0) is 11.2. The van der Waals surface area contributed by atoms with Crippen LogP contribution in [0.1, 0.15) is 11.1 Å². The lowest BCUT2D eigenvalue weighted by atomic mass is 10.1. The van der Waals surface area contributed by atoms with Crippen LogP contribution in [0.4, 0.5) is 17.6 Å². The third kappa shape index (κ3) is 1.71. The van der Waals surface area contributed by atoms with Gasteiger partial charge in [-0.2, -0.15) is 17.6 Å². The minimum absolute atomic E-state index is 0.333. The molecule has 0 aliphatic rings. The van der Waals surface area contributed by atoms with Crippen molar-refractivity contribution in [2.45, 2.75) is 13.1 Å². The van der Waals surface area contributed by atoms with E-state index in [2.05, 4.69) is 0 Å². The van der Waals surface area contributed by atoms with Crippen LogP contribution in [0.2, 0.25) is 0 Å². The van der Waals surface area contributed by atoms with Gasteiger partial charge >= 0.3 is 6.18 Å². The monoisotopic (exact) mass is 234 g/mol. The molecule has 15 heavy (non-hydrogen) atoms. The molecule has 1 aromatic heterocycles. The molecular formula is C10H6F4S. The Hall–Kier alpha value is -1.10. The fraction of sp³-hybridized carbons (Fsp3) is 0.200. The van der Waals surface area contributed by atoms with E-state index in [4.69, 9.17) is 0 Å². The molecular weight excluding hydrogens is 228 g/mol. The van der Waals surface area contributed by atoms with Gasteiger partial charge < -0.3 is 0 Å². The summed E-state index contributed by atoms with van der Waals surface area (Å²) in [5.41, 5.74) is -0.333. The van der Waals surface area contributed by atoms with E-state index >= 15 is 0 Å². The number of thiophene rings is 1. The SMILES string of the molecule is Cc1c(F)sc2cc(C(F)(F)F)ccc12. The molecule has 1 aromatic carbocycles. The molecule has 0 atom stereocenters. The summed E-state index contributed by atoms with van der Waals surface area (Å²) in [6.07, 6.45) is -4.37. The van der Waals surface area contributed by atoms with Gasteiger partial charge in [0.25, 0.3) is 0 Å². The number of alkyl halides is 3. The topological polar surface area (TPSA) is 0 Å². The van der Waals surface area contributed by atoms with Crippen LogP contribution in [-0.4, -0.2) is 0 Å². The molecule has 0 fully saturated rings.